The molecule has 6 heteroatoms. The lowest BCUT2D eigenvalue weighted by molar-refractivity contribution is -0.134. The van der Waals surface area contributed by atoms with Crippen LogP contribution in [0.2, 0.25) is 5.02 Å². The number of hydrogen-bond donors (Lipinski definition) is 0. The predicted octanol–water partition coefficient (Wildman–Crippen LogP) is 3.97. The summed E-state index contributed by atoms with van der Waals surface area (Å²) in [5, 5.41) is 0.708. The van der Waals surface area contributed by atoms with E-state index in [1.165, 1.54) is 0 Å². The molecular formula is C22H25ClN2O3. The molecule has 1 aliphatic heterocycles. The van der Waals surface area contributed by atoms with Crippen LogP contribution in [0.4, 0.5) is 5.69 Å². The molecule has 2 aromatic rings. The van der Waals surface area contributed by atoms with E-state index in [2.05, 4.69) is 18.7 Å². The highest BCUT2D eigenvalue weighted by Crippen LogP contribution is 2.26. The summed E-state index contributed by atoms with van der Waals surface area (Å²) in [6.07, 6.45) is 0. The van der Waals surface area contributed by atoms with Crippen LogP contribution in [0.25, 0.3) is 0 Å². The summed E-state index contributed by atoms with van der Waals surface area (Å²) in [6.45, 7) is 6.49. The van der Waals surface area contributed by atoms with Crippen LogP contribution in [0.1, 0.15) is 35.7 Å². The number of rotatable bonds is 5. The zero-order valence-corrected chi connectivity index (χ0v) is 17.0. The first-order valence-electron chi connectivity index (χ1n) is 9.50. The third kappa shape index (κ3) is 4.84. The molecule has 1 fully saturated rings. The summed E-state index contributed by atoms with van der Waals surface area (Å²) in [5.74, 6) is -0.250. The van der Waals surface area contributed by atoms with Crippen molar-refractivity contribution in [3.05, 3.63) is 64.7 Å². The number of anilines is 1. The number of benzene rings is 2. The number of carbonyl (C=O) groups is 2. The highest BCUT2D eigenvalue weighted by molar-refractivity contribution is 6.33. The quantitative estimate of drug-likeness (QED) is 0.712. The van der Waals surface area contributed by atoms with Crippen LogP contribution in [-0.4, -0.2) is 49.6 Å². The van der Waals surface area contributed by atoms with E-state index in [0.29, 0.717) is 42.7 Å². The summed E-state index contributed by atoms with van der Waals surface area (Å²) >= 11 is 6.25. The highest BCUT2D eigenvalue weighted by atomic mass is 35.5. The van der Waals surface area contributed by atoms with Crippen LogP contribution < -0.4 is 4.90 Å². The van der Waals surface area contributed by atoms with Gasteiger partial charge < -0.3 is 14.5 Å². The Balaban J connectivity index is 1.48. The summed E-state index contributed by atoms with van der Waals surface area (Å²) in [6, 6.07) is 15.0. The van der Waals surface area contributed by atoms with Crippen molar-refractivity contribution >= 4 is 29.2 Å². The third-order valence-electron chi connectivity index (χ3n) is 4.97. The lowest BCUT2D eigenvalue weighted by atomic mass is 10.0. The molecule has 5 nitrogen and oxygen atoms in total. The van der Waals surface area contributed by atoms with Crippen molar-refractivity contribution < 1.29 is 14.3 Å². The van der Waals surface area contributed by atoms with Gasteiger partial charge in [-0.1, -0.05) is 49.7 Å². The van der Waals surface area contributed by atoms with Gasteiger partial charge in [-0.3, -0.25) is 4.79 Å². The number of nitrogens with zero attached hydrogens (tertiary/aromatic N) is 2. The van der Waals surface area contributed by atoms with E-state index in [4.69, 9.17) is 16.3 Å². The lowest BCUT2D eigenvalue weighted by Crippen LogP contribution is -2.50. The van der Waals surface area contributed by atoms with Crippen LogP contribution in [-0.2, 0) is 9.53 Å². The van der Waals surface area contributed by atoms with Crippen molar-refractivity contribution in [2.24, 2.45) is 0 Å². The minimum Gasteiger partial charge on any atom is -0.452 e. The molecule has 3 rings (SSSR count). The number of ether oxygens (including phenoxy) is 1. The van der Waals surface area contributed by atoms with Gasteiger partial charge in [-0.15, -0.1) is 0 Å². The van der Waals surface area contributed by atoms with Crippen molar-refractivity contribution in [3.8, 4) is 0 Å². The Labute approximate surface area is 170 Å². The monoisotopic (exact) mass is 400 g/mol. The van der Waals surface area contributed by atoms with Crippen LogP contribution in [0.3, 0.4) is 0 Å². The van der Waals surface area contributed by atoms with Gasteiger partial charge in [0.2, 0.25) is 0 Å². The van der Waals surface area contributed by atoms with E-state index < -0.39 is 5.97 Å². The van der Waals surface area contributed by atoms with E-state index in [1.54, 1.807) is 17.0 Å². The molecule has 0 unspecified atom stereocenters. The molecule has 0 bridgehead atoms. The normalized spacial score (nSPS) is 14.3. The second-order valence-electron chi connectivity index (χ2n) is 7.17. The fourth-order valence-corrected chi connectivity index (χ4v) is 3.47. The van der Waals surface area contributed by atoms with Gasteiger partial charge in [-0.25, -0.2) is 4.79 Å². The van der Waals surface area contributed by atoms with E-state index in [0.717, 1.165) is 11.3 Å². The maximum absolute atomic E-state index is 12.4. The van der Waals surface area contributed by atoms with Gasteiger partial charge in [-0.05, 0) is 35.7 Å². The van der Waals surface area contributed by atoms with Crippen LogP contribution >= 0.6 is 11.6 Å². The average molecular weight is 401 g/mol. The molecule has 28 heavy (non-hydrogen) atoms. The van der Waals surface area contributed by atoms with Crippen molar-refractivity contribution in [2.75, 3.05) is 37.7 Å². The molecule has 148 valence electrons. The molecule has 0 aliphatic carbocycles. The smallest absolute Gasteiger partial charge is 0.338 e. The van der Waals surface area contributed by atoms with Gasteiger partial charge in [-0.2, -0.15) is 0 Å². The Bertz CT molecular complexity index is 828. The fourth-order valence-electron chi connectivity index (χ4n) is 3.21. The van der Waals surface area contributed by atoms with Gasteiger partial charge in [0.05, 0.1) is 16.3 Å². The Kier molecular flexibility index (Phi) is 6.57. The molecule has 0 aromatic heterocycles. The van der Waals surface area contributed by atoms with Crippen molar-refractivity contribution in [1.29, 1.82) is 0 Å². The summed E-state index contributed by atoms with van der Waals surface area (Å²) in [4.78, 5) is 28.4. The van der Waals surface area contributed by atoms with E-state index in [-0.39, 0.29) is 12.5 Å². The summed E-state index contributed by atoms with van der Waals surface area (Å²) < 4.78 is 5.21. The molecule has 0 spiro atoms. The van der Waals surface area contributed by atoms with Crippen LogP contribution in [0, 0.1) is 0 Å². The number of amides is 1. The minimum absolute atomic E-state index is 0.175. The van der Waals surface area contributed by atoms with E-state index >= 15 is 0 Å². The first kappa shape index (κ1) is 20.2. The second kappa shape index (κ2) is 9.11. The maximum Gasteiger partial charge on any atom is 0.338 e. The standard InChI is InChI=1S/C22H25ClN2O3/c1-16(2)17-7-9-18(10-8-17)22(27)28-15-21(26)25-13-11-24(12-14-25)20-6-4-3-5-19(20)23/h3-10,16H,11-15H2,1-2H3. The van der Waals surface area contributed by atoms with Crippen molar-refractivity contribution in [2.45, 2.75) is 19.8 Å². The zero-order valence-electron chi connectivity index (χ0n) is 16.2. The largest absolute Gasteiger partial charge is 0.452 e. The minimum atomic E-state index is -0.474. The second-order valence-corrected chi connectivity index (χ2v) is 7.58. The van der Waals surface area contributed by atoms with E-state index in [1.807, 2.05) is 36.4 Å². The number of esters is 1. The summed E-state index contributed by atoms with van der Waals surface area (Å²) in [7, 11) is 0. The Morgan fingerprint density at radius 3 is 2.25 bits per heavy atom. The van der Waals surface area contributed by atoms with Gasteiger partial charge in [0.25, 0.3) is 5.91 Å². The van der Waals surface area contributed by atoms with Crippen LogP contribution in [0.5, 0.6) is 0 Å². The van der Waals surface area contributed by atoms with Crippen molar-refractivity contribution in [3.63, 3.8) is 0 Å². The molecule has 0 N–H and O–H groups in total. The first-order chi connectivity index (χ1) is 13.5. The summed E-state index contributed by atoms with van der Waals surface area (Å²) in [5.41, 5.74) is 2.59. The Morgan fingerprint density at radius 1 is 1.00 bits per heavy atom. The SMILES string of the molecule is CC(C)c1ccc(C(=O)OCC(=O)N2CCN(c3ccccc3Cl)CC2)cc1. The topological polar surface area (TPSA) is 49.9 Å². The first-order valence-corrected chi connectivity index (χ1v) is 9.88. The predicted molar refractivity (Wildman–Crippen MR) is 111 cm³/mol. The van der Waals surface area contributed by atoms with Gasteiger partial charge in [0, 0.05) is 26.2 Å². The number of halogens is 1. The maximum atomic E-state index is 12.4. The number of para-hydroxylation sites is 1. The average Bonchev–Trinajstić information content (AvgIpc) is 2.72. The molecule has 1 aliphatic rings. The fraction of sp³-hybridized carbons (Fsp3) is 0.364. The molecule has 1 saturated heterocycles. The lowest BCUT2D eigenvalue weighted by Gasteiger charge is -2.36. The molecule has 0 saturated carbocycles. The third-order valence-corrected chi connectivity index (χ3v) is 5.28. The Hall–Kier alpha value is -2.53. The number of piperazine rings is 1. The van der Waals surface area contributed by atoms with E-state index in [9.17, 15) is 9.59 Å². The Morgan fingerprint density at radius 2 is 1.64 bits per heavy atom. The van der Waals surface area contributed by atoms with Gasteiger partial charge in [0.1, 0.15) is 0 Å². The van der Waals surface area contributed by atoms with Gasteiger partial charge >= 0.3 is 5.97 Å². The van der Waals surface area contributed by atoms with Crippen LogP contribution in [0.15, 0.2) is 48.5 Å². The number of carbonyl (C=O) groups excluding carboxylic acids is 2. The molecule has 1 amide bonds. The van der Waals surface area contributed by atoms with Gasteiger partial charge in [0.15, 0.2) is 6.61 Å². The zero-order chi connectivity index (χ0) is 20.1. The molecule has 2 aromatic carbocycles. The molecule has 0 radical (unpaired) electrons. The van der Waals surface area contributed by atoms with Crippen molar-refractivity contribution in [1.82, 2.24) is 4.90 Å². The highest BCUT2D eigenvalue weighted by Gasteiger charge is 2.23. The number of hydrogen-bond acceptors (Lipinski definition) is 4. The molecule has 0 atom stereocenters. The molecular weight excluding hydrogens is 376 g/mol. The molecule has 1 heterocycles.